The first-order valence-electron chi connectivity index (χ1n) is 8.47. The molecule has 0 aliphatic carbocycles. The quantitative estimate of drug-likeness (QED) is 0.655. The fraction of sp³-hybridized carbons (Fsp3) is 0.238. The van der Waals surface area contributed by atoms with Crippen LogP contribution in [0.25, 0.3) is 10.1 Å². The number of hydrogen-bond acceptors (Lipinski definition) is 3. The number of nitrogens with one attached hydrogen (secondary N) is 1. The van der Waals surface area contributed by atoms with E-state index in [4.69, 9.17) is 0 Å². The van der Waals surface area contributed by atoms with Crippen molar-refractivity contribution < 1.29 is 14.7 Å². The van der Waals surface area contributed by atoms with Crippen LogP contribution in [0.3, 0.4) is 0 Å². The van der Waals surface area contributed by atoms with Crippen LogP contribution in [0.15, 0.2) is 53.9 Å². The second-order valence-corrected chi connectivity index (χ2v) is 7.72. The summed E-state index contributed by atoms with van der Waals surface area (Å²) in [7, 11) is 0. The van der Waals surface area contributed by atoms with E-state index in [-0.39, 0.29) is 5.91 Å². The minimum absolute atomic E-state index is 0.0504. The highest BCUT2D eigenvalue weighted by atomic mass is 32.1. The van der Waals surface area contributed by atoms with E-state index in [2.05, 4.69) is 22.8 Å². The highest BCUT2D eigenvalue weighted by Gasteiger charge is 2.29. The Hall–Kier alpha value is -2.66. The molecule has 3 rings (SSSR count). The maximum Gasteiger partial charge on any atom is 0.313 e. The van der Waals surface area contributed by atoms with Crippen LogP contribution >= 0.6 is 11.3 Å². The van der Waals surface area contributed by atoms with Gasteiger partial charge in [-0.2, -0.15) is 0 Å². The van der Waals surface area contributed by atoms with Crippen LogP contribution < -0.4 is 5.32 Å². The summed E-state index contributed by atoms with van der Waals surface area (Å²) in [6, 6.07) is 15.2. The van der Waals surface area contributed by atoms with Crippen LogP contribution in [0.1, 0.15) is 31.4 Å². The molecule has 0 aliphatic heterocycles. The molecule has 0 aliphatic rings. The lowest BCUT2D eigenvalue weighted by molar-refractivity contribution is -0.142. The first-order chi connectivity index (χ1) is 12.4. The molecule has 0 saturated heterocycles. The monoisotopic (exact) mass is 367 g/mol. The minimum atomic E-state index is -0.956. The number of carbonyl (C=O) groups excluding carboxylic acids is 1. The number of hydrogen-bond donors (Lipinski definition) is 2. The number of carboxylic acid groups (broad SMARTS) is 1. The second kappa shape index (κ2) is 7.30. The summed E-state index contributed by atoms with van der Waals surface area (Å²) in [5.74, 6) is -0.928. The first kappa shape index (κ1) is 18.1. The summed E-state index contributed by atoms with van der Waals surface area (Å²) in [4.78, 5) is 23.5. The normalized spacial score (nSPS) is 11.5. The van der Waals surface area contributed by atoms with Crippen molar-refractivity contribution in [1.29, 1.82) is 0 Å². The van der Waals surface area contributed by atoms with Crippen molar-refractivity contribution in [3.05, 3.63) is 65.0 Å². The summed E-state index contributed by atoms with van der Waals surface area (Å²) in [6.45, 7) is 3.32. The van der Waals surface area contributed by atoms with E-state index in [0.29, 0.717) is 24.1 Å². The Balaban J connectivity index is 1.61. The van der Waals surface area contributed by atoms with Crippen LogP contribution in [0.2, 0.25) is 0 Å². The average Bonchev–Trinajstić information content (AvgIpc) is 3.03. The molecule has 0 atom stereocenters. The van der Waals surface area contributed by atoms with Gasteiger partial charge in [-0.25, -0.2) is 0 Å². The zero-order chi connectivity index (χ0) is 18.7. The number of rotatable bonds is 6. The molecule has 3 aromatic rings. The van der Waals surface area contributed by atoms with Gasteiger partial charge in [-0.05, 0) is 60.4 Å². The summed E-state index contributed by atoms with van der Waals surface area (Å²) in [5, 5.41) is 15.5. The number of fused-ring (bicyclic) bond motifs is 1. The van der Waals surface area contributed by atoms with E-state index >= 15 is 0 Å². The van der Waals surface area contributed by atoms with Crippen molar-refractivity contribution in [2.45, 2.75) is 32.1 Å². The van der Waals surface area contributed by atoms with Gasteiger partial charge in [-0.15, -0.1) is 11.3 Å². The zero-order valence-electron chi connectivity index (χ0n) is 14.8. The first-order valence-corrected chi connectivity index (χ1v) is 9.35. The van der Waals surface area contributed by atoms with Crippen molar-refractivity contribution >= 4 is 39.0 Å². The number of aliphatic carboxylic acids is 1. The molecule has 0 bridgehead atoms. The van der Waals surface area contributed by atoms with Crippen LogP contribution in [-0.2, 0) is 21.4 Å². The number of benzene rings is 2. The van der Waals surface area contributed by atoms with Crippen molar-refractivity contribution in [3.63, 3.8) is 0 Å². The number of thiophene rings is 1. The number of amides is 1. The molecule has 26 heavy (non-hydrogen) atoms. The number of aryl methyl sites for hydroxylation is 1. The molecule has 0 spiro atoms. The van der Waals surface area contributed by atoms with Crippen LogP contribution in [0.5, 0.6) is 0 Å². The standard InChI is InChI=1S/C21H21NO3S/c1-21(2,20(24)25)15-8-10-16(11-9-15)22-19(23)12-7-14-13-26-18-6-4-3-5-17(14)18/h3-6,8-11,13H,7,12H2,1-2H3,(H,22,23)(H,24,25). The van der Waals surface area contributed by atoms with E-state index in [1.165, 1.54) is 15.6 Å². The van der Waals surface area contributed by atoms with Gasteiger partial charge in [-0.3, -0.25) is 9.59 Å². The van der Waals surface area contributed by atoms with Gasteiger partial charge in [0.15, 0.2) is 0 Å². The fourth-order valence-corrected chi connectivity index (χ4v) is 3.79. The van der Waals surface area contributed by atoms with Gasteiger partial charge in [0.2, 0.25) is 5.91 Å². The number of carboxylic acids is 1. The molecule has 2 aromatic carbocycles. The van der Waals surface area contributed by atoms with Gasteiger partial charge < -0.3 is 10.4 Å². The van der Waals surface area contributed by atoms with Gasteiger partial charge in [-0.1, -0.05) is 30.3 Å². The molecule has 2 N–H and O–H groups in total. The Bertz CT molecular complexity index is 941. The summed E-state index contributed by atoms with van der Waals surface area (Å²) < 4.78 is 1.24. The molecular formula is C21H21NO3S. The van der Waals surface area contributed by atoms with E-state index in [9.17, 15) is 14.7 Å². The molecule has 5 heteroatoms. The largest absolute Gasteiger partial charge is 0.481 e. The third-order valence-corrected chi connectivity index (χ3v) is 5.62. The summed E-state index contributed by atoms with van der Waals surface area (Å²) >= 11 is 1.70. The van der Waals surface area contributed by atoms with E-state index < -0.39 is 11.4 Å². The smallest absolute Gasteiger partial charge is 0.313 e. The van der Waals surface area contributed by atoms with Crippen molar-refractivity contribution in [2.24, 2.45) is 0 Å². The molecular weight excluding hydrogens is 346 g/mol. The van der Waals surface area contributed by atoms with Crippen LogP contribution in [0, 0.1) is 0 Å². The molecule has 1 aromatic heterocycles. The molecule has 1 heterocycles. The van der Waals surface area contributed by atoms with E-state index in [1.807, 2.05) is 12.1 Å². The van der Waals surface area contributed by atoms with Crippen LogP contribution in [0.4, 0.5) is 5.69 Å². The molecule has 4 nitrogen and oxygen atoms in total. The molecule has 134 valence electrons. The molecule has 0 fully saturated rings. The van der Waals surface area contributed by atoms with Crippen molar-refractivity contribution in [3.8, 4) is 0 Å². The lowest BCUT2D eigenvalue weighted by atomic mass is 9.85. The molecule has 1 amide bonds. The van der Waals surface area contributed by atoms with Crippen molar-refractivity contribution in [2.75, 3.05) is 5.32 Å². The Labute approximate surface area is 156 Å². The number of carbonyl (C=O) groups is 2. The minimum Gasteiger partial charge on any atom is -0.481 e. The maximum absolute atomic E-state index is 12.2. The Morgan fingerprint density at radius 2 is 1.77 bits per heavy atom. The maximum atomic E-state index is 12.2. The Morgan fingerprint density at radius 1 is 1.08 bits per heavy atom. The predicted molar refractivity (Wildman–Crippen MR) is 106 cm³/mol. The highest BCUT2D eigenvalue weighted by molar-refractivity contribution is 7.17. The van der Waals surface area contributed by atoms with Gasteiger partial charge in [0.05, 0.1) is 5.41 Å². The molecule has 0 radical (unpaired) electrons. The zero-order valence-corrected chi connectivity index (χ0v) is 15.6. The Morgan fingerprint density at radius 3 is 2.46 bits per heavy atom. The summed E-state index contributed by atoms with van der Waals surface area (Å²) in [5.41, 5.74) is 1.62. The van der Waals surface area contributed by atoms with Crippen LogP contribution in [-0.4, -0.2) is 17.0 Å². The SMILES string of the molecule is CC(C)(C(=O)O)c1ccc(NC(=O)CCc2csc3ccccc23)cc1. The van der Waals surface area contributed by atoms with Gasteiger partial charge in [0.25, 0.3) is 0 Å². The predicted octanol–water partition coefficient (Wildman–Crippen LogP) is 4.83. The highest BCUT2D eigenvalue weighted by Crippen LogP contribution is 2.27. The summed E-state index contributed by atoms with van der Waals surface area (Å²) in [6.07, 6.45) is 1.10. The number of anilines is 1. The Kier molecular flexibility index (Phi) is 5.09. The second-order valence-electron chi connectivity index (χ2n) is 6.81. The molecule has 0 saturated carbocycles. The average molecular weight is 367 g/mol. The lowest BCUT2D eigenvalue weighted by Gasteiger charge is -2.19. The lowest BCUT2D eigenvalue weighted by Crippen LogP contribution is -2.28. The topological polar surface area (TPSA) is 66.4 Å². The van der Waals surface area contributed by atoms with E-state index in [1.54, 1.807) is 49.4 Å². The van der Waals surface area contributed by atoms with Crippen molar-refractivity contribution in [1.82, 2.24) is 0 Å². The third kappa shape index (κ3) is 3.78. The third-order valence-electron chi connectivity index (χ3n) is 4.61. The molecule has 0 unspecified atom stereocenters. The van der Waals surface area contributed by atoms with Gasteiger partial charge in [0.1, 0.15) is 0 Å². The van der Waals surface area contributed by atoms with Gasteiger partial charge in [0, 0.05) is 16.8 Å². The van der Waals surface area contributed by atoms with E-state index in [0.717, 1.165) is 0 Å². The fourth-order valence-electron chi connectivity index (χ4n) is 2.79. The van der Waals surface area contributed by atoms with Gasteiger partial charge >= 0.3 is 5.97 Å².